The van der Waals surface area contributed by atoms with Crippen molar-refractivity contribution >= 4 is 29.5 Å². The van der Waals surface area contributed by atoms with Gasteiger partial charge in [-0.05, 0) is 23.3 Å². The monoisotopic (exact) mass is 546 g/mol. The molecule has 9 nitrogen and oxygen atoms in total. The maximum Gasteiger partial charge on any atom is 0.359 e. The molecule has 2 aliphatic rings. The van der Waals surface area contributed by atoms with Crippen LogP contribution in [0.4, 0.5) is 0 Å². The molecule has 0 radical (unpaired) electrons. The van der Waals surface area contributed by atoms with Gasteiger partial charge in [-0.25, -0.2) is 4.79 Å². The number of hydrogen-bond acceptors (Lipinski definition) is 8. The molecule has 0 bridgehead atoms. The summed E-state index contributed by atoms with van der Waals surface area (Å²) in [5.41, 5.74) is 1.41. The number of amides is 2. The van der Waals surface area contributed by atoms with Crippen LogP contribution < -0.4 is 14.8 Å². The van der Waals surface area contributed by atoms with Crippen molar-refractivity contribution in [2.75, 3.05) is 20.0 Å². The van der Waals surface area contributed by atoms with E-state index in [1.807, 2.05) is 60.7 Å². The average Bonchev–Trinajstić information content (AvgIpc) is 2.98. The Morgan fingerprint density at radius 3 is 2.03 bits per heavy atom. The van der Waals surface area contributed by atoms with Crippen molar-refractivity contribution in [1.82, 2.24) is 10.2 Å². The van der Waals surface area contributed by atoms with Crippen LogP contribution in [-0.2, 0) is 14.3 Å². The molecule has 0 spiro atoms. The van der Waals surface area contributed by atoms with E-state index >= 15 is 0 Å². The van der Waals surface area contributed by atoms with Crippen LogP contribution in [-0.4, -0.2) is 59.2 Å². The Bertz CT molecular complexity index is 1370. The summed E-state index contributed by atoms with van der Waals surface area (Å²) in [6.45, 7) is 0. The third kappa shape index (κ3) is 4.90. The lowest BCUT2D eigenvalue weighted by atomic mass is 10.0. The molecule has 1 fully saturated rings. The molecule has 39 heavy (non-hydrogen) atoms. The van der Waals surface area contributed by atoms with E-state index < -0.39 is 35.3 Å². The topological polar surface area (TPSA) is 114 Å². The summed E-state index contributed by atoms with van der Waals surface area (Å²) < 4.78 is 16.5. The van der Waals surface area contributed by atoms with Gasteiger partial charge in [0.1, 0.15) is 34.2 Å². The van der Waals surface area contributed by atoms with E-state index in [0.717, 1.165) is 11.1 Å². The van der Waals surface area contributed by atoms with Gasteiger partial charge < -0.3 is 24.6 Å². The zero-order chi connectivity index (χ0) is 27.5. The minimum Gasteiger partial charge on any atom is -0.509 e. The van der Waals surface area contributed by atoms with Crippen molar-refractivity contribution in [3.63, 3.8) is 0 Å². The van der Waals surface area contributed by atoms with E-state index in [-0.39, 0.29) is 22.8 Å². The van der Waals surface area contributed by atoms with Gasteiger partial charge in [-0.2, -0.15) is 0 Å². The Morgan fingerprint density at radius 2 is 1.49 bits per heavy atom. The summed E-state index contributed by atoms with van der Waals surface area (Å²) in [6.07, 6.45) is -0.752. The maximum atomic E-state index is 13.5. The van der Waals surface area contributed by atoms with Crippen LogP contribution in [0.15, 0.2) is 90.3 Å². The van der Waals surface area contributed by atoms with Gasteiger partial charge in [0.25, 0.3) is 11.8 Å². The summed E-state index contributed by atoms with van der Waals surface area (Å²) in [6, 6.07) is 22.4. The SMILES string of the molecule is COc1cccc(OC)c1C(=O)NC1C(=O)N2C(C(=O)OC(c3ccccc3)c3ccccc3)=C(O)CS[C@H]12. The smallest absolute Gasteiger partial charge is 0.359 e. The van der Waals surface area contributed by atoms with Crippen molar-refractivity contribution in [3.8, 4) is 11.5 Å². The molecule has 0 saturated carbocycles. The summed E-state index contributed by atoms with van der Waals surface area (Å²) >= 11 is 1.24. The van der Waals surface area contributed by atoms with Crippen molar-refractivity contribution in [1.29, 1.82) is 0 Å². The first kappa shape index (κ1) is 26.2. The molecular formula is C29H26N2O7S. The van der Waals surface area contributed by atoms with Crippen molar-refractivity contribution in [2.24, 2.45) is 0 Å². The van der Waals surface area contributed by atoms with Crippen LogP contribution in [0.3, 0.4) is 0 Å². The predicted molar refractivity (Wildman–Crippen MR) is 144 cm³/mol. The van der Waals surface area contributed by atoms with Crippen LogP contribution in [0.1, 0.15) is 27.6 Å². The summed E-state index contributed by atoms with van der Waals surface area (Å²) in [7, 11) is 2.87. The number of nitrogens with zero attached hydrogens (tertiary/aromatic N) is 1. The van der Waals surface area contributed by atoms with E-state index in [0.29, 0.717) is 11.5 Å². The second-order valence-electron chi connectivity index (χ2n) is 8.80. The molecule has 0 aromatic heterocycles. The number of rotatable bonds is 8. The number of aliphatic hydroxyl groups excluding tert-OH is 1. The summed E-state index contributed by atoms with van der Waals surface area (Å²) in [4.78, 5) is 41.0. The molecule has 2 amide bonds. The van der Waals surface area contributed by atoms with Crippen molar-refractivity contribution in [3.05, 3.63) is 107 Å². The minimum atomic E-state index is -0.924. The van der Waals surface area contributed by atoms with E-state index in [4.69, 9.17) is 14.2 Å². The first-order valence-corrected chi connectivity index (χ1v) is 13.2. The van der Waals surface area contributed by atoms with Gasteiger partial charge in [0.15, 0.2) is 11.8 Å². The molecule has 200 valence electrons. The fraction of sp³-hybridized carbons (Fsp3) is 0.207. The highest BCUT2D eigenvalue weighted by molar-refractivity contribution is 8.00. The molecule has 1 saturated heterocycles. The van der Waals surface area contributed by atoms with E-state index in [1.54, 1.807) is 18.2 Å². The highest BCUT2D eigenvalue weighted by Gasteiger charge is 2.55. The Balaban J connectivity index is 1.37. The van der Waals surface area contributed by atoms with Gasteiger partial charge in [-0.15, -0.1) is 11.8 Å². The summed E-state index contributed by atoms with van der Waals surface area (Å²) in [5, 5.41) is 12.8. The number of aliphatic hydroxyl groups is 1. The van der Waals surface area contributed by atoms with Gasteiger partial charge in [-0.1, -0.05) is 66.7 Å². The Morgan fingerprint density at radius 1 is 0.923 bits per heavy atom. The molecule has 2 heterocycles. The Hall–Kier alpha value is -4.44. The number of β-lactam (4-membered cyclic amide) rings is 1. The molecule has 3 aromatic rings. The molecule has 3 aromatic carbocycles. The fourth-order valence-corrected chi connectivity index (χ4v) is 5.83. The summed E-state index contributed by atoms with van der Waals surface area (Å²) in [5.74, 6) is -1.53. The number of thioether (sulfide) groups is 1. The van der Waals surface area contributed by atoms with E-state index in [1.165, 1.54) is 30.9 Å². The highest BCUT2D eigenvalue weighted by Crippen LogP contribution is 2.41. The molecule has 0 aliphatic carbocycles. The number of carbonyl (C=O) groups is 3. The van der Waals surface area contributed by atoms with Gasteiger partial charge in [0, 0.05) is 0 Å². The highest BCUT2D eigenvalue weighted by atomic mass is 32.2. The number of benzene rings is 3. The molecule has 2 N–H and O–H groups in total. The average molecular weight is 547 g/mol. The number of hydrogen-bond donors (Lipinski definition) is 2. The van der Waals surface area contributed by atoms with Gasteiger partial charge in [0.2, 0.25) is 0 Å². The zero-order valence-electron chi connectivity index (χ0n) is 21.2. The maximum absolute atomic E-state index is 13.5. The lowest BCUT2D eigenvalue weighted by Crippen LogP contribution is -2.70. The largest absolute Gasteiger partial charge is 0.509 e. The molecule has 2 aliphatic heterocycles. The molecule has 5 rings (SSSR count). The molecule has 1 unspecified atom stereocenters. The van der Waals surface area contributed by atoms with Crippen LogP contribution in [0, 0.1) is 0 Å². The lowest BCUT2D eigenvalue weighted by molar-refractivity contribution is -0.154. The third-order valence-corrected chi connectivity index (χ3v) is 7.78. The quantitative estimate of drug-likeness (QED) is 0.324. The van der Waals surface area contributed by atoms with Crippen LogP contribution in [0.5, 0.6) is 11.5 Å². The number of ether oxygens (including phenoxy) is 3. The normalized spacial score (nSPS) is 18.2. The van der Waals surface area contributed by atoms with E-state index in [9.17, 15) is 19.5 Å². The Labute approximate surface area is 229 Å². The number of carbonyl (C=O) groups excluding carboxylic acids is 3. The first-order chi connectivity index (χ1) is 18.9. The second-order valence-corrected chi connectivity index (χ2v) is 9.91. The third-order valence-electron chi connectivity index (χ3n) is 6.51. The van der Waals surface area contributed by atoms with Gasteiger partial charge >= 0.3 is 5.97 Å². The zero-order valence-corrected chi connectivity index (χ0v) is 22.0. The van der Waals surface area contributed by atoms with Gasteiger partial charge in [-0.3, -0.25) is 14.5 Å². The number of fused-ring (bicyclic) bond motifs is 1. The van der Waals surface area contributed by atoms with Crippen LogP contribution in [0.2, 0.25) is 0 Å². The van der Waals surface area contributed by atoms with Crippen molar-refractivity contribution < 1.29 is 33.7 Å². The van der Waals surface area contributed by atoms with Crippen molar-refractivity contribution in [2.45, 2.75) is 17.5 Å². The van der Waals surface area contributed by atoms with E-state index in [2.05, 4.69) is 5.32 Å². The number of esters is 1. The predicted octanol–water partition coefficient (Wildman–Crippen LogP) is 3.82. The molecule has 2 atom stereocenters. The van der Waals surface area contributed by atoms with Crippen LogP contribution >= 0.6 is 11.8 Å². The fourth-order valence-electron chi connectivity index (χ4n) is 4.63. The lowest BCUT2D eigenvalue weighted by Gasteiger charge is -2.48. The van der Waals surface area contributed by atoms with Crippen LogP contribution in [0.25, 0.3) is 0 Å². The Kier molecular flexibility index (Phi) is 7.47. The number of nitrogens with one attached hydrogen (secondary N) is 1. The number of methoxy groups -OCH3 is 2. The first-order valence-electron chi connectivity index (χ1n) is 12.1. The van der Waals surface area contributed by atoms with Gasteiger partial charge in [0.05, 0.1) is 20.0 Å². The molecule has 10 heteroatoms. The standard InChI is InChI=1S/C29H26N2O7S/c1-36-20-14-9-15-21(37-2)22(20)26(33)30-23-27(34)31-24(19(32)16-39-28(23)31)29(35)38-25(17-10-5-3-6-11-17)18-12-7-4-8-13-18/h3-15,23,25,28,32H,16H2,1-2H3,(H,30,33)/t23?,28-/m1/s1. The second kappa shape index (κ2) is 11.1. The molecular weight excluding hydrogens is 520 g/mol. The minimum absolute atomic E-state index is 0.0740.